The van der Waals surface area contributed by atoms with Crippen molar-refractivity contribution >= 4 is 11.7 Å². The molecule has 1 unspecified atom stereocenters. The molecule has 0 bridgehead atoms. The number of allylic oxidation sites excluding steroid dienone is 4. The quantitative estimate of drug-likeness (QED) is 0.560. The van der Waals surface area contributed by atoms with E-state index in [0.717, 1.165) is 35.4 Å². The van der Waals surface area contributed by atoms with Gasteiger partial charge in [0.1, 0.15) is 0 Å². The van der Waals surface area contributed by atoms with E-state index in [1.165, 1.54) is 15.8 Å². The van der Waals surface area contributed by atoms with E-state index in [4.69, 9.17) is 9.84 Å². The van der Waals surface area contributed by atoms with Crippen LogP contribution in [0.1, 0.15) is 35.4 Å². The predicted octanol–water partition coefficient (Wildman–Crippen LogP) is 4.15. The molecule has 1 aliphatic carbocycles. The topological polar surface area (TPSA) is 64.7 Å². The third-order valence-electron chi connectivity index (χ3n) is 6.52. The largest absolute Gasteiger partial charge is 0.501 e. The zero-order valence-electron chi connectivity index (χ0n) is 19.8. The minimum Gasteiger partial charge on any atom is -0.501 e. The summed E-state index contributed by atoms with van der Waals surface area (Å²) in [5.74, 6) is 1.60. The molecule has 174 valence electrons. The Kier molecular flexibility index (Phi) is 5.92. The van der Waals surface area contributed by atoms with Crippen molar-refractivity contribution in [2.45, 2.75) is 32.2 Å². The van der Waals surface area contributed by atoms with E-state index in [9.17, 15) is 4.79 Å². The van der Waals surface area contributed by atoms with E-state index >= 15 is 0 Å². The van der Waals surface area contributed by atoms with Crippen LogP contribution in [0.3, 0.4) is 0 Å². The van der Waals surface area contributed by atoms with Gasteiger partial charge in [0.15, 0.2) is 0 Å². The normalized spacial score (nSPS) is 17.9. The fourth-order valence-electron chi connectivity index (χ4n) is 4.52. The molecular weight excluding hydrogens is 426 g/mol. The molecule has 1 aromatic heterocycles. The number of anilines is 1. The van der Waals surface area contributed by atoms with Crippen molar-refractivity contribution in [2.75, 3.05) is 18.7 Å². The second-order valence-electron chi connectivity index (χ2n) is 8.86. The molecule has 7 nitrogen and oxygen atoms in total. The van der Waals surface area contributed by atoms with Crippen LogP contribution in [0.4, 0.5) is 5.95 Å². The van der Waals surface area contributed by atoms with Crippen molar-refractivity contribution in [1.82, 2.24) is 14.3 Å². The summed E-state index contributed by atoms with van der Waals surface area (Å²) in [6, 6.07) is 18.8. The third-order valence-corrected chi connectivity index (χ3v) is 6.52. The van der Waals surface area contributed by atoms with Gasteiger partial charge in [-0.3, -0.25) is 4.57 Å². The molecule has 1 atom stereocenters. The highest BCUT2D eigenvalue weighted by atomic mass is 16.5. The average Bonchev–Trinajstić information content (AvgIpc) is 3.43. The van der Waals surface area contributed by atoms with Gasteiger partial charge in [-0.05, 0) is 36.1 Å². The SMILES string of the molecule is COC1=CC=C(Cn2nc(N3CC(c4ccccc4)C(c4ccc(C)cc4)=N3)n(C)c2=O)CC1. The Morgan fingerprint density at radius 1 is 1.03 bits per heavy atom. The summed E-state index contributed by atoms with van der Waals surface area (Å²) in [7, 11) is 3.45. The fraction of sp³-hybridized carbons (Fsp3) is 0.296. The molecule has 34 heavy (non-hydrogen) atoms. The Bertz CT molecular complexity index is 1330. The molecule has 2 aromatic carbocycles. The van der Waals surface area contributed by atoms with Crippen molar-refractivity contribution in [1.29, 1.82) is 0 Å². The van der Waals surface area contributed by atoms with Crippen LogP contribution in [-0.2, 0) is 18.3 Å². The smallest absolute Gasteiger partial charge is 0.347 e. The van der Waals surface area contributed by atoms with Gasteiger partial charge >= 0.3 is 5.69 Å². The lowest BCUT2D eigenvalue weighted by Gasteiger charge is -2.15. The predicted molar refractivity (Wildman–Crippen MR) is 134 cm³/mol. The number of ether oxygens (including phenoxy) is 1. The van der Waals surface area contributed by atoms with E-state index in [0.29, 0.717) is 19.0 Å². The Morgan fingerprint density at radius 3 is 2.47 bits per heavy atom. The number of hydrogen-bond acceptors (Lipinski definition) is 5. The maximum absolute atomic E-state index is 13.0. The number of aryl methyl sites for hydroxylation is 1. The van der Waals surface area contributed by atoms with E-state index < -0.39 is 0 Å². The van der Waals surface area contributed by atoms with Gasteiger partial charge in [0, 0.05) is 19.4 Å². The van der Waals surface area contributed by atoms with Crippen LogP contribution in [0, 0.1) is 6.92 Å². The molecule has 0 saturated carbocycles. The summed E-state index contributed by atoms with van der Waals surface area (Å²) in [5, 5.41) is 11.5. The minimum atomic E-state index is -0.146. The summed E-state index contributed by atoms with van der Waals surface area (Å²) in [5.41, 5.74) is 5.48. The fourth-order valence-corrected chi connectivity index (χ4v) is 4.52. The van der Waals surface area contributed by atoms with Gasteiger partial charge in [-0.15, -0.1) is 5.10 Å². The molecule has 0 fully saturated rings. The summed E-state index contributed by atoms with van der Waals surface area (Å²) in [6.45, 7) is 3.17. The molecular formula is C27H29N5O2. The second kappa shape index (κ2) is 9.17. The number of hydrazone groups is 1. The summed E-state index contributed by atoms with van der Waals surface area (Å²) < 4.78 is 8.43. The molecule has 1 aliphatic heterocycles. The summed E-state index contributed by atoms with van der Waals surface area (Å²) in [6.07, 6.45) is 5.69. The average molecular weight is 456 g/mol. The first-order valence-electron chi connectivity index (χ1n) is 11.6. The van der Waals surface area contributed by atoms with Crippen LogP contribution < -0.4 is 10.7 Å². The van der Waals surface area contributed by atoms with Crippen molar-refractivity contribution in [3.8, 4) is 0 Å². The lowest BCUT2D eigenvalue weighted by Crippen LogP contribution is -2.25. The van der Waals surface area contributed by atoms with E-state index in [2.05, 4.69) is 60.6 Å². The van der Waals surface area contributed by atoms with Gasteiger partial charge < -0.3 is 4.74 Å². The number of hydrogen-bond donors (Lipinski definition) is 0. The molecule has 2 aliphatic rings. The van der Waals surface area contributed by atoms with Gasteiger partial charge in [0.25, 0.3) is 0 Å². The van der Waals surface area contributed by atoms with Crippen molar-refractivity contribution in [3.63, 3.8) is 0 Å². The molecule has 7 heteroatoms. The molecule has 5 rings (SSSR count). The lowest BCUT2D eigenvalue weighted by molar-refractivity contribution is 0.275. The number of rotatable bonds is 6. The van der Waals surface area contributed by atoms with E-state index in [1.54, 1.807) is 18.7 Å². The van der Waals surface area contributed by atoms with Crippen LogP contribution in [0.2, 0.25) is 0 Å². The molecule has 0 N–H and O–H groups in total. The standard InChI is InChI=1S/C27H29N5O2/c1-19-9-13-22(14-10-19)25-24(21-7-5-4-6-8-21)18-31(28-25)26-29-32(27(33)30(26)2)17-20-11-15-23(34-3)16-12-20/h4-11,13-15,24H,12,16-18H2,1-3H3. The zero-order chi connectivity index (χ0) is 23.7. The van der Waals surface area contributed by atoms with Crippen LogP contribution >= 0.6 is 0 Å². The van der Waals surface area contributed by atoms with E-state index in [1.807, 2.05) is 23.2 Å². The van der Waals surface area contributed by atoms with Gasteiger partial charge in [-0.1, -0.05) is 66.2 Å². The maximum Gasteiger partial charge on any atom is 0.347 e. The summed E-state index contributed by atoms with van der Waals surface area (Å²) in [4.78, 5) is 13.0. The first-order valence-corrected chi connectivity index (χ1v) is 11.6. The highest BCUT2D eigenvalue weighted by Crippen LogP contribution is 2.31. The molecule has 0 amide bonds. The Labute approximate surface area is 199 Å². The van der Waals surface area contributed by atoms with Gasteiger partial charge in [-0.2, -0.15) is 5.10 Å². The first-order chi connectivity index (χ1) is 16.5. The summed E-state index contributed by atoms with van der Waals surface area (Å²) >= 11 is 0. The first kappa shape index (κ1) is 21.9. The van der Waals surface area contributed by atoms with Gasteiger partial charge in [0.2, 0.25) is 5.95 Å². The molecule has 2 heterocycles. The Hall–Kier alpha value is -3.87. The third kappa shape index (κ3) is 4.21. The van der Waals surface area contributed by atoms with E-state index in [-0.39, 0.29) is 11.6 Å². The molecule has 0 radical (unpaired) electrons. The molecule has 3 aromatic rings. The molecule has 0 spiro atoms. The maximum atomic E-state index is 13.0. The van der Waals surface area contributed by atoms with Crippen LogP contribution in [0.25, 0.3) is 0 Å². The Morgan fingerprint density at radius 2 is 1.79 bits per heavy atom. The zero-order valence-corrected chi connectivity index (χ0v) is 19.8. The number of methoxy groups -OCH3 is 1. The highest BCUT2D eigenvalue weighted by molar-refractivity contribution is 6.07. The van der Waals surface area contributed by atoms with Crippen molar-refractivity contribution in [3.05, 3.63) is 105 Å². The van der Waals surface area contributed by atoms with Crippen molar-refractivity contribution in [2.24, 2.45) is 12.1 Å². The lowest BCUT2D eigenvalue weighted by atomic mass is 9.90. The van der Waals surface area contributed by atoms with Gasteiger partial charge in [-0.25, -0.2) is 14.5 Å². The number of nitrogens with zero attached hydrogens (tertiary/aromatic N) is 5. The van der Waals surface area contributed by atoms with Crippen molar-refractivity contribution < 1.29 is 4.74 Å². The number of benzene rings is 2. The van der Waals surface area contributed by atoms with Crippen LogP contribution in [0.5, 0.6) is 0 Å². The Balaban J connectivity index is 1.48. The minimum absolute atomic E-state index is 0.0859. The second-order valence-corrected chi connectivity index (χ2v) is 8.86. The van der Waals surface area contributed by atoms with Gasteiger partial charge in [0.05, 0.1) is 31.7 Å². The molecule has 0 saturated heterocycles. The number of aromatic nitrogens is 3. The van der Waals surface area contributed by atoms with Crippen LogP contribution in [0.15, 0.2) is 88.0 Å². The highest BCUT2D eigenvalue weighted by Gasteiger charge is 2.32. The monoisotopic (exact) mass is 455 g/mol. The van der Waals surface area contributed by atoms with Crippen LogP contribution in [-0.4, -0.2) is 33.7 Å².